The van der Waals surface area contributed by atoms with Crippen molar-refractivity contribution in [3.8, 4) is 11.6 Å². The number of hydrogen-bond donors (Lipinski definition) is 2. The number of benzene rings is 1. The van der Waals surface area contributed by atoms with Crippen molar-refractivity contribution in [2.75, 3.05) is 11.9 Å². The molecule has 0 radical (unpaired) electrons. The number of hydrogen-bond acceptors (Lipinski definition) is 6. The fourth-order valence-corrected chi connectivity index (χ4v) is 3.17. The quantitative estimate of drug-likeness (QED) is 0.717. The lowest BCUT2D eigenvalue weighted by molar-refractivity contribution is -0.139. The van der Waals surface area contributed by atoms with Crippen LogP contribution in [0.15, 0.2) is 47.1 Å². The minimum Gasteiger partial charge on any atom is -0.481 e. The van der Waals surface area contributed by atoms with Gasteiger partial charge in [0.2, 0.25) is 0 Å². The van der Waals surface area contributed by atoms with Crippen LogP contribution in [-0.2, 0) is 11.3 Å². The van der Waals surface area contributed by atoms with Gasteiger partial charge >= 0.3 is 12.0 Å². The monoisotopic (exact) mass is 379 g/mol. The summed E-state index contributed by atoms with van der Waals surface area (Å²) in [5.41, 5.74) is 2.56. The molecular weight excluding hydrogens is 362 g/mol. The van der Waals surface area contributed by atoms with Crippen molar-refractivity contribution < 1.29 is 19.2 Å². The molecule has 3 heterocycles. The number of nitrogens with zero attached hydrogens (tertiary/aromatic N) is 4. The summed E-state index contributed by atoms with van der Waals surface area (Å²) in [6.07, 6.45) is 1.49. The van der Waals surface area contributed by atoms with Crippen LogP contribution in [-0.4, -0.2) is 43.7 Å². The van der Waals surface area contributed by atoms with E-state index in [0.29, 0.717) is 29.6 Å². The number of carboxylic acid groups (broad SMARTS) is 1. The molecular formula is C19H17N5O4. The zero-order valence-electron chi connectivity index (χ0n) is 15.0. The fraction of sp³-hybridized carbons (Fsp3) is 0.211. The Morgan fingerprint density at radius 2 is 2.07 bits per heavy atom. The van der Waals surface area contributed by atoms with Gasteiger partial charge in [0.1, 0.15) is 5.69 Å². The van der Waals surface area contributed by atoms with Crippen LogP contribution < -0.4 is 5.32 Å². The lowest BCUT2D eigenvalue weighted by Gasteiger charge is -2.32. The summed E-state index contributed by atoms with van der Waals surface area (Å²) in [7, 11) is 0. The molecule has 1 aliphatic heterocycles. The van der Waals surface area contributed by atoms with Gasteiger partial charge in [0.15, 0.2) is 5.82 Å². The Kier molecular flexibility index (Phi) is 4.48. The number of urea groups is 1. The number of carbonyl (C=O) groups is 2. The van der Waals surface area contributed by atoms with E-state index in [2.05, 4.69) is 20.4 Å². The Hall–Kier alpha value is -3.75. The van der Waals surface area contributed by atoms with Gasteiger partial charge in [-0.05, 0) is 30.2 Å². The lowest BCUT2D eigenvalue weighted by atomic mass is 9.90. The number of aromatic nitrogens is 3. The Bertz CT molecular complexity index is 1030. The van der Waals surface area contributed by atoms with Crippen molar-refractivity contribution >= 4 is 17.7 Å². The van der Waals surface area contributed by atoms with Gasteiger partial charge in [0.05, 0.1) is 17.8 Å². The van der Waals surface area contributed by atoms with Crippen LogP contribution in [0.4, 0.5) is 10.5 Å². The van der Waals surface area contributed by atoms with E-state index < -0.39 is 11.9 Å². The Morgan fingerprint density at radius 1 is 1.25 bits per heavy atom. The highest BCUT2D eigenvalue weighted by molar-refractivity contribution is 5.90. The van der Waals surface area contributed by atoms with Crippen LogP contribution in [0, 0.1) is 6.92 Å². The summed E-state index contributed by atoms with van der Waals surface area (Å²) in [4.78, 5) is 34.1. The highest BCUT2D eigenvalue weighted by Gasteiger charge is 2.32. The number of rotatable bonds is 3. The summed E-state index contributed by atoms with van der Waals surface area (Å²) in [6, 6.07) is 10.2. The molecule has 28 heavy (non-hydrogen) atoms. The summed E-state index contributed by atoms with van der Waals surface area (Å²) < 4.78 is 5.06. The van der Waals surface area contributed by atoms with E-state index in [0.717, 1.165) is 11.1 Å². The number of carboxylic acids is 1. The number of anilines is 1. The molecule has 2 amide bonds. The van der Waals surface area contributed by atoms with Gasteiger partial charge in [-0.15, -0.1) is 0 Å². The second kappa shape index (κ2) is 7.10. The van der Waals surface area contributed by atoms with Crippen LogP contribution in [0.3, 0.4) is 0 Å². The standard InChI is InChI=1S/C19H17N5O4/c1-11-21-17(28-23-11)16-7-6-13(8-20-16)22-19(27)24-9-12-4-2-3-5-14(12)15(10-24)18(25)26/h2-8,15H,9-10H2,1H3,(H,22,27)(H,25,26). The zero-order chi connectivity index (χ0) is 19.7. The van der Waals surface area contributed by atoms with Crippen molar-refractivity contribution in [2.45, 2.75) is 19.4 Å². The van der Waals surface area contributed by atoms with Crippen LogP contribution in [0.1, 0.15) is 22.9 Å². The summed E-state index contributed by atoms with van der Waals surface area (Å²) in [6.45, 7) is 2.16. The molecule has 142 valence electrons. The molecule has 9 heteroatoms. The molecule has 1 aliphatic rings. The molecule has 3 aromatic rings. The first-order valence-electron chi connectivity index (χ1n) is 8.64. The first kappa shape index (κ1) is 17.7. The number of aliphatic carboxylic acids is 1. The number of carbonyl (C=O) groups excluding carboxylic acids is 1. The van der Waals surface area contributed by atoms with Crippen molar-refractivity contribution in [3.05, 3.63) is 59.5 Å². The molecule has 0 fully saturated rings. The Balaban J connectivity index is 1.48. The normalized spacial score (nSPS) is 15.8. The molecule has 1 unspecified atom stereocenters. The third-order valence-electron chi connectivity index (χ3n) is 4.54. The first-order chi connectivity index (χ1) is 13.5. The van der Waals surface area contributed by atoms with Gasteiger partial charge in [0, 0.05) is 13.1 Å². The number of amides is 2. The van der Waals surface area contributed by atoms with E-state index in [1.54, 1.807) is 25.1 Å². The van der Waals surface area contributed by atoms with Crippen LogP contribution in [0.5, 0.6) is 0 Å². The van der Waals surface area contributed by atoms with Gasteiger partial charge in [-0.2, -0.15) is 4.98 Å². The predicted octanol–water partition coefficient (Wildman–Crippen LogP) is 2.66. The summed E-state index contributed by atoms with van der Waals surface area (Å²) in [5.74, 6) is -0.900. The molecule has 4 rings (SSSR count). The number of pyridine rings is 1. The lowest BCUT2D eigenvalue weighted by Crippen LogP contribution is -2.42. The van der Waals surface area contributed by atoms with Gasteiger partial charge < -0.3 is 19.8 Å². The maximum absolute atomic E-state index is 12.7. The van der Waals surface area contributed by atoms with Crippen LogP contribution in [0.25, 0.3) is 11.6 Å². The molecule has 0 aliphatic carbocycles. The minimum atomic E-state index is -0.953. The number of fused-ring (bicyclic) bond motifs is 1. The van der Waals surface area contributed by atoms with Crippen molar-refractivity contribution in [2.24, 2.45) is 0 Å². The van der Waals surface area contributed by atoms with E-state index in [9.17, 15) is 14.7 Å². The van der Waals surface area contributed by atoms with Crippen molar-refractivity contribution in [1.82, 2.24) is 20.0 Å². The second-order valence-electron chi connectivity index (χ2n) is 6.48. The zero-order valence-corrected chi connectivity index (χ0v) is 15.0. The maximum Gasteiger partial charge on any atom is 0.322 e. The van der Waals surface area contributed by atoms with Gasteiger partial charge in [-0.3, -0.25) is 4.79 Å². The number of nitrogens with one attached hydrogen (secondary N) is 1. The summed E-state index contributed by atoms with van der Waals surface area (Å²) >= 11 is 0. The van der Waals surface area contributed by atoms with E-state index in [1.807, 2.05) is 18.2 Å². The molecule has 1 atom stereocenters. The molecule has 9 nitrogen and oxygen atoms in total. The molecule has 1 aromatic carbocycles. The second-order valence-corrected chi connectivity index (χ2v) is 6.48. The fourth-order valence-electron chi connectivity index (χ4n) is 3.17. The first-order valence-corrected chi connectivity index (χ1v) is 8.64. The largest absolute Gasteiger partial charge is 0.481 e. The molecule has 0 spiro atoms. The highest BCUT2D eigenvalue weighted by Crippen LogP contribution is 2.29. The van der Waals surface area contributed by atoms with Gasteiger partial charge in [-0.25, -0.2) is 9.78 Å². The third-order valence-corrected chi connectivity index (χ3v) is 4.54. The van der Waals surface area contributed by atoms with Crippen LogP contribution in [0.2, 0.25) is 0 Å². The summed E-state index contributed by atoms with van der Waals surface area (Å²) in [5, 5.41) is 16.0. The van der Waals surface area contributed by atoms with Crippen LogP contribution >= 0.6 is 0 Å². The predicted molar refractivity (Wildman–Crippen MR) is 98.5 cm³/mol. The van der Waals surface area contributed by atoms with Gasteiger partial charge in [-0.1, -0.05) is 29.4 Å². The van der Waals surface area contributed by atoms with E-state index in [-0.39, 0.29) is 12.6 Å². The van der Waals surface area contributed by atoms with Crippen molar-refractivity contribution in [1.29, 1.82) is 0 Å². The van der Waals surface area contributed by atoms with E-state index >= 15 is 0 Å². The smallest absolute Gasteiger partial charge is 0.322 e. The van der Waals surface area contributed by atoms with Crippen molar-refractivity contribution in [3.63, 3.8) is 0 Å². The van der Waals surface area contributed by atoms with E-state index in [1.165, 1.54) is 11.1 Å². The SMILES string of the molecule is Cc1noc(-c2ccc(NC(=O)N3Cc4ccccc4C(C(=O)O)C3)cn2)n1. The Morgan fingerprint density at radius 3 is 2.75 bits per heavy atom. The minimum absolute atomic E-state index is 0.102. The third kappa shape index (κ3) is 3.41. The van der Waals surface area contributed by atoms with E-state index in [4.69, 9.17) is 4.52 Å². The molecule has 2 aromatic heterocycles. The number of aryl methyl sites for hydroxylation is 1. The Labute approximate surface area is 160 Å². The molecule has 2 N–H and O–H groups in total. The average Bonchev–Trinajstić information content (AvgIpc) is 3.14. The maximum atomic E-state index is 12.7. The topological polar surface area (TPSA) is 121 Å². The van der Waals surface area contributed by atoms with Gasteiger partial charge in [0.25, 0.3) is 5.89 Å². The molecule has 0 bridgehead atoms. The average molecular weight is 379 g/mol. The molecule has 0 saturated heterocycles. The molecule has 0 saturated carbocycles. The highest BCUT2D eigenvalue weighted by atomic mass is 16.5.